The molecule has 1 N–H and O–H groups in total. The lowest BCUT2D eigenvalue weighted by molar-refractivity contribution is 0.0225. The minimum absolute atomic E-state index is 0.192. The maximum absolute atomic E-state index is 12.0. The van der Waals surface area contributed by atoms with Crippen LogP contribution >= 0.6 is 0 Å². The summed E-state index contributed by atoms with van der Waals surface area (Å²) in [6.07, 6.45) is 2.28. The Bertz CT molecular complexity index is 294. The number of rotatable bonds is 4. The van der Waals surface area contributed by atoms with Crippen molar-refractivity contribution in [3.8, 4) is 0 Å². The molecule has 2 atom stereocenters. The summed E-state index contributed by atoms with van der Waals surface area (Å²) < 4.78 is 5.37. The average molecular weight is 271 g/mol. The molecule has 0 radical (unpaired) electrons. The van der Waals surface area contributed by atoms with Crippen molar-refractivity contribution in [1.29, 1.82) is 0 Å². The maximum Gasteiger partial charge on any atom is 0.410 e. The molecule has 1 aliphatic rings. The molecular weight excluding hydrogens is 242 g/mol. The summed E-state index contributed by atoms with van der Waals surface area (Å²) in [6, 6.07) is 0. The van der Waals surface area contributed by atoms with E-state index in [0.29, 0.717) is 19.0 Å². The van der Waals surface area contributed by atoms with Crippen LogP contribution in [0.2, 0.25) is 0 Å². The van der Waals surface area contributed by atoms with E-state index in [4.69, 9.17) is 4.74 Å². The zero-order valence-corrected chi connectivity index (χ0v) is 13.0. The fourth-order valence-electron chi connectivity index (χ4n) is 2.71. The van der Waals surface area contributed by atoms with Crippen molar-refractivity contribution in [3.05, 3.63) is 0 Å². The molecule has 0 aromatic carbocycles. The molecule has 0 saturated carbocycles. The Balaban J connectivity index is 2.51. The topological polar surface area (TPSA) is 49.8 Å². The summed E-state index contributed by atoms with van der Waals surface area (Å²) in [7, 11) is 0. The third-order valence-electron chi connectivity index (χ3n) is 3.89. The van der Waals surface area contributed by atoms with Crippen LogP contribution in [0.25, 0.3) is 0 Å². The van der Waals surface area contributed by atoms with Crippen LogP contribution in [0.5, 0.6) is 0 Å². The van der Waals surface area contributed by atoms with Crippen molar-refractivity contribution in [2.45, 2.75) is 65.6 Å². The van der Waals surface area contributed by atoms with Crippen LogP contribution < -0.4 is 0 Å². The van der Waals surface area contributed by atoms with E-state index in [1.807, 2.05) is 20.8 Å². The van der Waals surface area contributed by atoms with Crippen molar-refractivity contribution in [1.82, 2.24) is 4.90 Å². The van der Waals surface area contributed by atoms with Crippen molar-refractivity contribution < 1.29 is 14.6 Å². The highest BCUT2D eigenvalue weighted by molar-refractivity contribution is 5.68. The second-order valence-corrected chi connectivity index (χ2v) is 6.54. The molecule has 0 aliphatic carbocycles. The van der Waals surface area contributed by atoms with Gasteiger partial charge in [0.25, 0.3) is 0 Å². The molecule has 1 rings (SSSR count). The number of ether oxygens (including phenoxy) is 1. The molecule has 4 nitrogen and oxygen atoms in total. The van der Waals surface area contributed by atoms with E-state index in [1.165, 1.54) is 0 Å². The van der Waals surface area contributed by atoms with Crippen molar-refractivity contribution >= 4 is 6.09 Å². The molecule has 0 aromatic heterocycles. The fraction of sp³-hybridized carbons (Fsp3) is 0.933. The lowest BCUT2D eigenvalue weighted by Crippen LogP contribution is -2.37. The van der Waals surface area contributed by atoms with Crippen LogP contribution in [0, 0.1) is 11.8 Å². The quantitative estimate of drug-likeness (QED) is 0.855. The molecule has 0 spiro atoms. The molecule has 4 heteroatoms. The van der Waals surface area contributed by atoms with Crippen LogP contribution in [0.1, 0.15) is 53.9 Å². The van der Waals surface area contributed by atoms with E-state index in [0.717, 1.165) is 19.3 Å². The number of likely N-dealkylation sites (tertiary alicyclic amines) is 1. The first-order valence-electron chi connectivity index (χ1n) is 7.44. The van der Waals surface area contributed by atoms with Crippen LogP contribution in [0.3, 0.4) is 0 Å². The summed E-state index contributed by atoms with van der Waals surface area (Å²) in [5.74, 6) is 0.529. The zero-order valence-electron chi connectivity index (χ0n) is 13.0. The van der Waals surface area contributed by atoms with Crippen LogP contribution in [0.4, 0.5) is 4.79 Å². The Kier molecular flexibility index (Phi) is 5.65. The molecular formula is C15H29NO3. The first kappa shape index (κ1) is 16.3. The minimum Gasteiger partial charge on any atom is -0.444 e. The normalized spacial score (nSPS) is 21.8. The van der Waals surface area contributed by atoms with Crippen LogP contribution in [0.15, 0.2) is 0 Å². The molecule has 0 bridgehead atoms. The molecule has 19 heavy (non-hydrogen) atoms. The SMILES string of the molecule is CCC(CC)C(O)C1CCN(C(=O)OC(C)(C)C)C1. The Labute approximate surface area is 117 Å². The Morgan fingerprint density at radius 3 is 2.42 bits per heavy atom. The lowest BCUT2D eigenvalue weighted by atomic mass is 9.87. The monoisotopic (exact) mass is 271 g/mol. The van der Waals surface area contributed by atoms with E-state index >= 15 is 0 Å². The number of hydrogen-bond acceptors (Lipinski definition) is 3. The first-order valence-corrected chi connectivity index (χ1v) is 7.44. The summed E-state index contributed by atoms with van der Waals surface area (Å²) in [6.45, 7) is 11.1. The van der Waals surface area contributed by atoms with Gasteiger partial charge in [0.1, 0.15) is 5.60 Å². The van der Waals surface area contributed by atoms with Gasteiger partial charge in [-0.15, -0.1) is 0 Å². The Hall–Kier alpha value is -0.770. The highest BCUT2D eigenvalue weighted by Crippen LogP contribution is 2.28. The highest BCUT2D eigenvalue weighted by Gasteiger charge is 2.35. The summed E-state index contributed by atoms with van der Waals surface area (Å²) >= 11 is 0. The van der Waals surface area contributed by atoms with Gasteiger partial charge < -0.3 is 14.7 Å². The Morgan fingerprint density at radius 2 is 1.95 bits per heavy atom. The number of carbonyl (C=O) groups excluding carboxylic acids is 1. The summed E-state index contributed by atoms with van der Waals surface area (Å²) in [5.41, 5.74) is -0.455. The number of hydrogen-bond donors (Lipinski definition) is 1. The largest absolute Gasteiger partial charge is 0.444 e. The summed E-state index contributed by atoms with van der Waals surface area (Å²) in [4.78, 5) is 13.7. The molecule has 1 fully saturated rings. The van der Waals surface area contributed by atoms with Crippen molar-refractivity contribution in [3.63, 3.8) is 0 Å². The van der Waals surface area contributed by atoms with E-state index in [-0.39, 0.29) is 18.1 Å². The molecule has 0 aromatic rings. The zero-order chi connectivity index (χ0) is 14.6. The maximum atomic E-state index is 12.0. The molecule has 1 saturated heterocycles. The van der Waals surface area contributed by atoms with Gasteiger partial charge in [-0.05, 0) is 33.1 Å². The molecule has 2 unspecified atom stereocenters. The number of aliphatic hydroxyl groups is 1. The molecule has 112 valence electrons. The third-order valence-corrected chi connectivity index (χ3v) is 3.89. The van der Waals surface area contributed by atoms with Gasteiger partial charge in [0.15, 0.2) is 0 Å². The van der Waals surface area contributed by atoms with Crippen molar-refractivity contribution in [2.24, 2.45) is 11.8 Å². The first-order chi connectivity index (χ1) is 8.78. The predicted octanol–water partition coefficient (Wildman–Crippen LogP) is 3.04. The number of amides is 1. The smallest absolute Gasteiger partial charge is 0.410 e. The molecule has 1 heterocycles. The average Bonchev–Trinajstić information content (AvgIpc) is 2.77. The van der Waals surface area contributed by atoms with E-state index in [1.54, 1.807) is 4.90 Å². The number of nitrogens with zero attached hydrogens (tertiary/aromatic N) is 1. The van der Waals surface area contributed by atoms with E-state index < -0.39 is 5.60 Å². The van der Waals surface area contributed by atoms with Gasteiger partial charge in [-0.3, -0.25) is 0 Å². The van der Waals surface area contributed by atoms with Gasteiger partial charge in [0.2, 0.25) is 0 Å². The highest BCUT2D eigenvalue weighted by atomic mass is 16.6. The standard InChI is InChI=1S/C15H29NO3/c1-6-11(7-2)13(17)12-8-9-16(10-12)14(18)19-15(3,4)5/h11-13,17H,6-10H2,1-5H3. The van der Waals surface area contributed by atoms with Gasteiger partial charge in [-0.25, -0.2) is 4.79 Å². The van der Waals surface area contributed by atoms with Crippen molar-refractivity contribution in [2.75, 3.05) is 13.1 Å². The van der Waals surface area contributed by atoms with Crippen LogP contribution in [-0.2, 0) is 4.74 Å². The molecule has 1 amide bonds. The predicted molar refractivity (Wildman–Crippen MR) is 76.0 cm³/mol. The number of aliphatic hydroxyl groups excluding tert-OH is 1. The van der Waals surface area contributed by atoms with Crippen LogP contribution in [-0.4, -0.2) is 40.9 Å². The second kappa shape index (κ2) is 6.60. The van der Waals surface area contributed by atoms with E-state index in [2.05, 4.69) is 13.8 Å². The van der Waals surface area contributed by atoms with E-state index in [9.17, 15) is 9.90 Å². The van der Waals surface area contributed by atoms with Gasteiger partial charge in [-0.2, -0.15) is 0 Å². The van der Waals surface area contributed by atoms with Gasteiger partial charge in [0.05, 0.1) is 6.10 Å². The third kappa shape index (κ3) is 4.68. The molecule has 1 aliphatic heterocycles. The fourth-order valence-corrected chi connectivity index (χ4v) is 2.71. The summed E-state index contributed by atoms with van der Waals surface area (Å²) in [5, 5.41) is 10.4. The van der Waals surface area contributed by atoms with Gasteiger partial charge in [0, 0.05) is 19.0 Å². The minimum atomic E-state index is -0.455. The number of carbonyl (C=O) groups is 1. The second-order valence-electron chi connectivity index (χ2n) is 6.54. The van der Waals surface area contributed by atoms with Gasteiger partial charge in [-0.1, -0.05) is 26.7 Å². The lowest BCUT2D eigenvalue weighted by Gasteiger charge is -2.27. The Morgan fingerprint density at radius 1 is 1.37 bits per heavy atom. The van der Waals surface area contributed by atoms with Gasteiger partial charge >= 0.3 is 6.09 Å².